The lowest BCUT2D eigenvalue weighted by Crippen LogP contribution is -2.37. The number of ether oxygens (including phenoxy) is 1. The molecule has 0 aliphatic carbocycles. The third kappa shape index (κ3) is 17.9. The van der Waals surface area contributed by atoms with E-state index in [9.17, 15) is 9.13 Å². The molecule has 8 nitrogen and oxygen atoms in total. The van der Waals surface area contributed by atoms with Crippen molar-refractivity contribution >= 4 is 28.0 Å². The molecule has 0 aliphatic rings. The average molecular weight is 675 g/mol. The van der Waals surface area contributed by atoms with Crippen molar-refractivity contribution in [3.63, 3.8) is 0 Å². The summed E-state index contributed by atoms with van der Waals surface area (Å²) in [5.41, 5.74) is -2.29. The Bertz CT molecular complexity index is 872. The van der Waals surface area contributed by atoms with Gasteiger partial charge in [-0.25, -0.2) is 4.57 Å². The molecule has 3 unspecified atom stereocenters. The van der Waals surface area contributed by atoms with E-state index in [0.29, 0.717) is 12.8 Å². The average Bonchev–Trinajstić information content (AvgIpc) is 2.84. The van der Waals surface area contributed by atoms with E-state index >= 15 is 0 Å². The zero-order chi connectivity index (χ0) is 33.6. The van der Waals surface area contributed by atoms with Gasteiger partial charge in [0.05, 0.1) is 23.4 Å². The van der Waals surface area contributed by atoms with Gasteiger partial charge in [-0.15, -0.1) is 0 Å². The van der Waals surface area contributed by atoms with Gasteiger partial charge in [0, 0.05) is 19.0 Å². The van der Waals surface area contributed by atoms with Gasteiger partial charge in [-0.1, -0.05) is 85.5 Å². The number of rotatable bonds is 26. The summed E-state index contributed by atoms with van der Waals surface area (Å²) in [4.78, 5) is 0. The molecule has 0 fully saturated rings. The first-order valence-electron chi connectivity index (χ1n) is 16.3. The summed E-state index contributed by atoms with van der Waals surface area (Å²) in [6, 6.07) is 0. The Kier molecular flexibility index (Phi) is 19.0. The van der Waals surface area contributed by atoms with E-state index in [1.165, 1.54) is 39.9 Å². The molecule has 0 spiro atoms. The predicted octanol–water partition coefficient (Wildman–Crippen LogP) is 11.5. The first-order valence-corrected chi connectivity index (χ1v) is 19.8. The van der Waals surface area contributed by atoms with E-state index in [2.05, 4.69) is 26.5 Å². The van der Waals surface area contributed by atoms with Crippen LogP contribution in [0.4, 0.5) is 0 Å². The topological polar surface area (TPSA) is 89.5 Å². The number of hydrogen-bond donors (Lipinski definition) is 1. The molecule has 0 aliphatic heterocycles. The zero-order valence-corrected chi connectivity index (χ0v) is 32.7. The molecule has 0 heterocycles. The maximum atomic E-state index is 13.9. The molecule has 3 atom stereocenters. The summed E-state index contributed by atoms with van der Waals surface area (Å²) in [5.74, 6) is 0. The molecule has 0 amide bonds. The second-order valence-electron chi connectivity index (χ2n) is 14.6. The molecule has 260 valence electrons. The Morgan fingerprint density at radius 1 is 0.605 bits per heavy atom. The SMILES string of the molecule is CCCCCCCC(C)(CCCCCC)OP(=O)(OC)OC(C)(C)CCOC(C)(C)P(=O)(OC)OC(C)(C)CC(C)(C)S. The molecule has 43 heavy (non-hydrogen) atoms. The van der Waals surface area contributed by atoms with E-state index < -0.39 is 37.6 Å². The van der Waals surface area contributed by atoms with Gasteiger partial charge in [0.25, 0.3) is 0 Å². The summed E-state index contributed by atoms with van der Waals surface area (Å²) in [7, 11) is -4.86. The molecule has 0 aromatic carbocycles. The molecule has 0 aromatic heterocycles. The molecular formula is C32H68O8P2S. The van der Waals surface area contributed by atoms with Gasteiger partial charge in [0.1, 0.15) is 0 Å². The first kappa shape index (κ1) is 43.6. The van der Waals surface area contributed by atoms with Crippen LogP contribution in [0.1, 0.15) is 160 Å². The maximum Gasteiger partial charge on any atom is 0.475 e. The second kappa shape index (κ2) is 18.8. The van der Waals surface area contributed by atoms with E-state index in [4.69, 9.17) is 27.4 Å². The number of phosphoric ester groups is 1. The third-order valence-electron chi connectivity index (χ3n) is 7.57. The predicted molar refractivity (Wildman–Crippen MR) is 184 cm³/mol. The van der Waals surface area contributed by atoms with Gasteiger partial charge in [-0.2, -0.15) is 12.6 Å². The molecule has 11 heteroatoms. The molecule has 0 bridgehead atoms. The van der Waals surface area contributed by atoms with Crippen LogP contribution in [0.5, 0.6) is 0 Å². The fraction of sp³-hybridized carbons (Fsp3) is 1.00. The Morgan fingerprint density at radius 3 is 1.53 bits per heavy atom. The van der Waals surface area contributed by atoms with Crippen LogP contribution < -0.4 is 0 Å². The smallest absolute Gasteiger partial charge is 0.363 e. The van der Waals surface area contributed by atoms with Crippen LogP contribution >= 0.6 is 28.0 Å². The summed E-state index contributed by atoms with van der Waals surface area (Å²) in [6.07, 6.45) is 12.6. The van der Waals surface area contributed by atoms with Gasteiger partial charge in [-0.05, 0) is 74.1 Å². The van der Waals surface area contributed by atoms with E-state index in [1.54, 1.807) is 13.8 Å². The Balaban J connectivity index is 5.50. The monoisotopic (exact) mass is 674 g/mol. The Hall–Kier alpha value is 0.570. The van der Waals surface area contributed by atoms with E-state index in [0.717, 1.165) is 44.9 Å². The minimum absolute atomic E-state index is 0.157. The molecule has 0 N–H and O–H groups in total. The first-order chi connectivity index (χ1) is 19.5. The summed E-state index contributed by atoms with van der Waals surface area (Å²) in [5, 5.41) is -1.24. The molecule has 0 radical (unpaired) electrons. The van der Waals surface area contributed by atoms with Gasteiger partial charge in [-0.3, -0.25) is 18.1 Å². The number of hydrogen-bond acceptors (Lipinski definition) is 9. The standard InChI is InChI=1S/C32H68O8P2S/c1-14-16-18-20-22-24-32(11,23-21-19-17-15-2)40-42(34,36-13)39-28(3,4)25-26-37-31(9,10)41(33,35-12)38-29(5,6)27-30(7,8)43/h43H,14-27H2,1-13H3. The molecule has 0 saturated carbocycles. The van der Waals surface area contributed by atoms with Crippen molar-refractivity contribution in [2.45, 2.75) is 187 Å². The molecular weight excluding hydrogens is 606 g/mol. The summed E-state index contributed by atoms with van der Waals surface area (Å²) < 4.78 is 62.9. The Morgan fingerprint density at radius 2 is 1.09 bits per heavy atom. The van der Waals surface area contributed by atoms with Crippen molar-refractivity contribution in [3.8, 4) is 0 Å². The van der Waals surface area contributed by atoms with Gasteiger partial charge in [0.15, 0.2) is 5.34 Å². The summed E-state index contributed by atoms with van der Waals surface area (Å²) >= 11 is 4.61. The molecule has 0 saturated heterocycles. The minimum Gasteiger partial charge on any atom is -0.363 e. The lowest BCUT2D eigenvalue weighted by molar-refractivity contribution is -0.0482. The van der Waals surface area contributed by atoms with Crippen LogP contribution in [-0.2, 0) is 36.5 Å². The second-order valence-corrected chi connectivity index (χ2v) is 20.0. The third-order valence-corrected chi connectivity index (χ3v) is 12.2. The molecule has 0 aromatic rings. The van der Waals surface area contributed by atoms with Crippen LogP contribution in [0.2, 0.25) is 0 Å². The number of unbranched alkanes of at least 4 members (excludes halogenated alkanes) is 7. The number of thiol groups is 1. The Labute approximate surface area is 271 Å². The van der Waals surface area contributed by atoms with Crippen molar-refractivity contribution < 1.29 is 36.5 Å². The van der Waals surface area contributed by atoms with Crippen molar-refractivity contribution in [1.82, 2.24) is 0 Å². The van der Waals surface area contributed by atoms with Crippen LogP contribution in [0.3, 0.4) is 0 Å². The summed E-state index contributed by atoms with van der Waals surface area (Å²) in [6.45, 7) is 21.3. The van der Waals surface area contributed by atoms with Gasteiger partial charge in [0.2, 0.25) is 0 Å². The zero-order valence-electron chi connectivity index (χ0n) is 30.0. The van der Waals surface area contributed by atoms with Gasteiger partial charge < -0.3 is 13.8 Å². The van der Waals surface area contributed by atoms with Crippen molar-refractivity contribution in [3.05, 3.63) is 0 Å². The van der Waals surface area contributed by atoms with Crippen LogP contribution in [0, 0.1) is 0 Å². The maximum absolute atomic E-state index is 13.9. The van der Waals surface area contributed by atoms with Crippen LogP contribution in [0.15, 0.2) is 0 Å². The van der Waals surface area contributed by atoms with Crippen molar-refractivity contribution in [2.75, 3.05) is 20.8 Å². The molecule has 0 rings (SSSR count). The normalized spacial score (nSPS) is 17.8. The van der Waals surface area contributed by atoms with Crippen LogP contribution in [-0.4, -0.2) is 47.7 Å². The lowest BCUT2D eigenvalue weighted by Gasteiger charge is -2.40. The highest BCUT2D eigenvalue weighted by molar-refractivity contribution is 7.81. The van der Waals surface area contributed by atoms with Crippen molar-refractivity contribution in [2.24, 2.45) is 0 Å². The lowest BCUT2D eigenvalue weighted by atomic mass is 9.92. The highest BCUT2D eigenvalue weighted by Crippen LogP contribution is 2.63. The quantitative estimate of drug-likeness (QED) is 0.0551. The highest BCUT2D eigenvalue weighted by atomic mass is 32.1. The largest absolute Gasteiger partial charge is 0.475 e. The van der Waals surface area contributed by atoms with Gasteiger partial charge >= 0.3 is 15.4 Å². The van der Waals surface area contributed by atoms with E-state index in [1.807, 2.05) is 48.5 Å². The van der Waals surface area contributed by atoms with E-state index in [-0.39, 0.29) is 11.4 Å². The fourth-order valence-electron chi connectivity index (χ4n) is 5.35. The number of phosphoric acid groups is 1. The highest BCUT2D eigenvalue weighted by Gasteiger charge is 2.49. The minimum atomic E-state index is -3.89. The fourth-order valence-corrected chi connectivity index (χ4v) is 9.03. The van der Waals surface area contributed by atoms with Crippen molar-refractivity contribution in [1.29, 1.82) is 0 Å². The van der Waals surface area contributed by atoms with Crippen LogP contribution in [0.25, 0.3) is 0 Å².